The molecule has 1 unspecified atom stereocenters. The van der Waals surface area contributed by atoms with E-state index in [4.69, 9.17) is 9.47 Å². The van der Waals surface area contributed by atoms with Crippen molar-refractivity contribution in [3.8, 4) is 5.75 Å². The number of hydrogen-bond acceptors (Lipinski definition) is 3. The van der Waals surface area contributed by atoms with Gasteiger partial charge < -0.3 is 14.8 Å². The van der Waals surface area contributed by atoms with E-state index >= 15 is 0 Å². The van der Waals surface area contributed by atoms with Gasteiger partial charge in [0.25, 0.3) is 5.91 Å². The maximum absolute atomic E-state index is 14.0. The first-order chi connectivity index (χ1) is 11.4. The first-order valence-electron chi connectivity index (χ1n) is 7.71. The molecule has 24 heavy (non-hydrogen) atoms. The second kappa shape index (κ2) is 7.93. The highest BCUT2D eigenvalue weighted by Gasteiger charge is 2.29. The SMILES string of the molecule is COC(C)(CNC(=O)COc1ccc(C)cc1)c1ccccc1F. The summed E-state index contributed by atoms with van der Waals surface area (Å²) in [7, 11) is 1.49. The summed E-state index contributed by atoms with van der Waals surface area (Å²) >= 11 is 0. The third-order valence-corrected chi connectivity index (χ3v) is 3.91. The Kier molecular flexibility index (Phi) is 5.93. The van der Waals surface area contributed by atoms with Gasteiger partial charge in [0.1, 0.15) is 17.2 Å². The number of aryl methyl sites for hydroxylation is 1. The quantitative estimate of drug-likeness (QED) is 0.847. The lowest BCUT2D eigenvalue weighted by Gasteiger charge is -2.29. The Hall–Kier alpha value is -2.40. The van der Waals surface area contributed by atoms with Crippen molar-refractivity contribution in [3.05, 3.63) is 65.5 Å². The molecule has 0 radical (unpaired) electrons. The summed E-state index contributed by atoms with van der Waals surface area (Å²) in [5.41, 5.74) is 0.560. The maximum atomic E-state index is 14.0. The van der Waals surface area contributed by atoms with Crippen LogP contribution < -0.4 is 10.1 Å². The van der Waals surface area contributed by atoms with Crippen LogP contribution >= 0.6 is 0 Å². The Labute approximate surface area is 141 Å². The Morgan fingerprint density at radius 3 is 2.46 bits per heavy atom. The van der Waals surface area contributed by atoms with Gasteiger partial charge in [-0.1, -0.05) is 35.9 Å². The molecule has 0 bridgehead atoms. The van der Waals surface area contributed by atoms with E-state index in [1.807, 2.05) is 19.1 Å². The van der Waals surface area contributed by atoms with Crippen molar-refractivity contribution >= 4 is 5.91 Å². The van der Waals surface area contributed by atoms with E-state index in [1.165, 1.54) is 13.2 Å². The lowest BCUT2D eigenvalue weighted by Crippen LogP contribution is -2.42. The summed E-state index contributed by atoms with van der Waals surface area (Å²) in [4.78, 5) is 12.0. The van der Waals surface area contributed by atoms with Gasteiger partial charge in [0.15, 0.2) is 6.61 Å². The molecule has 0 fully saturated rings. The molecule has 4 nitrogen and oxygen atoms in total. The highest BCUT2D eigenvalue weighted by atomic mass is 19.1. The zero-order valence-electron chi connectivity index (χ0n) is 14.1. The van der Waals surface area contributed by atoms with E-state index in [9.17, 15) is 9.18 Å². The molecule has 0 aromatic heterocycles. The summed E-state index contributed by atoms with van der Waals surface area (Å²) < 4.78 is 24.8. The lowest BCUT2D eigenvalue weighted by atomic mass is 9.95. The monoisotopic (exact) mass is 331 g/mol. The fraction of sp³-hybridized carbons (Fsp3) is 0.316. The molecule has 128 valence electrons. The van der Waals surface area contributed by atoms with Crippen LogP contribution in [-0.4, -0.2) is 26.2 Å². The Balaban J connectivity index is 1.91. The first kappa shape index (κ1) is 17.9. The van der Waals surface area contributed by atoms with Gasteiger partial charge in [0.05, 0.1) is 6.54 Å². The minimum Gasteiger partial charge on any atom is -0.484 e. The molecule has 2 aromatic carbocycles. The zero-order chi connectivity index (χ0) is 17.6. The summed E-state index contributed by atoms with van der Waals surface area (Å²) in [6.45, 7) is 3.73. The number of hydrogen-bond donors (Lipinski definition) is 1. The smallest absolute Gasteiger partial charge is 0.258 e. The minimum atomic E-state index is -0.954. The minimum absolute atomic E-state index is 0.111. The van der Waals surface area contributed by atoms with E-state index < -0.39 is 5.60 Å². The molecule has 5 heteroatoms. The Bertz CT molecular complexity index is 687. The van der Waals surface area contributed by atoms with Crippen LogP contribution in [0.1, 0.15) is 18.1 Å². The van der Waals surface area contributed by atoms with Crippen LogP contribution in [-0.2, 0) is 15.1 Å². The molecule has 2 rings (SSSR count). The van der Waals surface area contributed by atoms with Gasteiger partial charge in [-0.05, 0) is 32.0 Å². The lowest BCUT2D eigenvalue weighted by molar-refractivity contribution is -0.124. The van der Waals surface area contributed by atoms with Gasteiger partial charge in [-0.25, -0.2) is 4.39 Å². The van der Waals surface area contributed by atoms with Crippen LogP contribution in [0, 0.1) is 12.7 Å². The van der Waals surface area contributed by atoms with Gasteiger partial charge in [0, 0.05) is 12.7 Å². The maximum Gasteiger partial charge on any atom is 0.258 e. The molecule has 0 saturated carbocycles. The molecule has 1 atom stereocenters. The zero-order valence-corrected chi connectivity index (χ0v) is 14.1. The van der Waals surface area contributed by atoms with Crippen LogP contribution in [0.15, 0.2) is 48.5 Å². The fourth-order valence-electron chi connectivity index (χ4n) is 2.27. The van der Waals surface area contributed by atoms with Crippen LogP contribution in [0.4, 0.5) is 4.39 Å². The Morgan fingerprint density at radius 2 is 1.83 bits per heavy atom. The number of carbonyl (C=O) groups excluding carboxylic acids is 1. The summed E-state index contributed by atoms with van der Waals surface area (Å²) in [6.07, 6.45) is 0. The summed E-state index contributed by atoms with van der Waals surface area (Å²) in [5.74, 6) is -0.0402. The molecule has 0 aliphatic heterocycles. The van der Waals surface area contributed by atoms with E-state index in [0.717, 1.165) is 5.56 Å². The van der Waals surface area contributed by atoms with Gasteiger partial charge >= 0.3 is 0 Å². The molecule has 1 amide bonds. The van der Waals surface area contributed by atoms with Crippen LogP contribution in [0.3, 0.4) is 0 Å². The molecule has 0 aliphatic rings. The third-order valence-electron chi connectivity index (χ3n) is 3.91. The second-order valence-corrected chi connectivity index (χ2v) is 5.79. The van der Waals surface area contributed by atoms with E-state index in [2.05, 4.69) is 5.32 Å². The number of amides is 1. The van der Waals surface area contributed by atoms with Crippen LogP contribution in [0.5, 0.6) is 5.75 Å². The van der Waals surface area contributed by atoms with Gasteiger partial charge in [-0.2, -0.15) is 0 Å². The van der Waals surface area contributed by atoms with Gasteiger partial charge in [0.2, 0.25) is 0 Å². The average molecular weight is 331 g/mol. The summed E-state index contributed by atoms with van der Waals surface area (Å²) in [5, 5.41) is 2.73. The predicted octanol–water partition coefficient (Wildman–Crippen LogP) is 3.19. The van der Waals surface area contributed by atoms with Crippen molar-refractivity contribution in [3.63, 3.8) is 0 Å². The van der Waals surface area contributed by atoms with Crippen molar-refractivity contribution in [1.29, 1.82) is 0 Å². The molecular formula is C19H22FNO3. The van der Waals surface area contributed by atoms with Crippen molar-refractivity contribution in [2.24, 2.45) is 0 Å². The average Bonchev–Trinajstić information content (AvgIpc) is 2.59. The van der Waals surface area contributed by atoms with Crippen LogP contribution in [0.2, 0.25) is 0 Å². The molecule has 0 spiro atoms. The Morgan fingerprint density at radius 1 is 1.17 bits per heavy atom. The topological polar surface area (TPSA) is 47.6 Å². The van der Waals surface area contributed by atoms with E-state index in [1.54, 1.807) is 37.3 Å². The molecule has 1 N–H and O–H groups in total. The normalized spacial score (nSPS) is 13.2. The predicted molar refractivity (Wildman–Crippen MR) is 90.4 cm³/mol. The molecule has 2 aromatic rings. The number of benzene rings is 2. The first-order valence-corrected chi connectivity index (χ1v) is 7.71. The highest BCUT2D eigenvalue weighted by molar-refractivity contribution is 5.77. The van der Waals surface area contributed by atoms with Crippen molar-refractivity contribution in [2.45, 2.75) is 19.4 Å². The molecular weight excluding hydrogens is 309 g/mol. The van der Waals surface area contributed by atoms with Gasteiger partial charge in [-0.3, -0.25) is 4.79 Å². The van der Waals surface area contributed by atoms with E-state index in [-0.39, 0.29) is 24.9 Å². The number of carbonyl (C=O) groups is 1. The van der Waals surface area contributed by atoms with Gasteiger partial charge in [-0.15, -0.1) is 0 Å². The van der Waals surface area contributed by atoms with Crippen molar-refractivity contribution in [2.75, 3.05) is 20.3 Å². The molecule has 0 aliphatic carbocycles. The van der Waals surface area contributed by atoms with Crippen molar-refractivity contribution in [1.82, 2.24) is 5.32 Å². The number of rotatable bonds is 7. The molecule has 0 heterocycles. The fourth-order valence-corrected chi connectivity index (χ4v) is 2.27. The number of nitrogens with one attached hydrogen (secondary N) is 1. The largest absolute Gasteiger partial charge is 0.484 e. The molecule has 0 saturated heterocycles. The van der Waals surface area contributed by atoms with Crippen molar-refractivity contribution < 1.29 is 18.7 Å². The van der Waals surface area contributed by atoms with E-state index in [0.29, 0.717) is 11.3 Å². The van der Waals surface area contributed by atoms with Crippen LogP contribution in [0.25, 0.3) is 0 Å². The highest BCUT2D eigenvalue weighted by Crippen LogP contribution is 2.26. The number of methoxy groups -OCH3 is 1. The standard InChI is InChI=1S/C19H22FNO3/c1-14-8-10-15(11-9-14)24-12-18(22)21-13-19(2,23-3)16-6-4-5-7-17(16)20/h4-11H,12-13H2,1-3H3,(H,21,22). The second-order valence-electron chi connectivity index (χ2n) is 5.79. The summed E-state index contributed by atoms with van der Waals surface area (Å²) in [6, 6.07) is 13.8. The third kappa shape index (κ3) is 4.55. The number of halogens is 1. The number of ether oxygens (including phenoxy) is 2.